The van der Waals surface area contributed by atoms with Crippen LogP contribution in [0.5, 0.6) is 5.75 Å². The number of rotatable bonds is 6. The van der Waals surface area contributed by atoms with E-state index < -0.39 is 0 Å². The van der Waals surface area contributed by atoms with Crippen molar-refractivity contribution < 1.29 is 14.6 Å². The number of aliphatic hydroxyl groups excluding tert-OH is 1. The molecule has 4 rings (SSSR count). The fraction of sp³-hybridized carbons (Fsp3) is 0.381. The average Bonchev–Trinajstić information content (AvgIpc) is 3.19. The molecule has 0 unspecified atom stereocenters. The topological polar surface area (TPSA) is 80.0 Å². The fourth-order valence-electron chi connectivity index (χ4n) is 3.67. The molecule has 1 fully saturated rings. The van der Waals surface area contributed by atoms with Gasteiger partial charge < -0.3 is 14.7 Å². The lowest BCUT2D eigenvalue weighted by Crippen LogP contribution is -2.45. The van der Waals surface area contributed by atoms with Gasteiger partial charge in [0.15, 0.2) is 11.3 Å². The van der Waals surface area contributed by atoms with Gasteiger partial charge in [0, 0.05) is 43.6 Å². The second kappa shape index (κ2) is 7.98. The highest BCUT2D eigenvalue weighted by Crippen LogP contribution is 2.35. The number of fused-ring (bicyclic) bond motifs is 1. The molecule has 1 saturated heterocycles. The van der Waals surface area contributed by atoms with Crippen LogP contribution in [0, 0.1) is 5.41 Å². The number of hydrogen-bond acceptors (Lipinski definition) is 5. The number of para-hydroxylation sites is 1. The van der Waals surface area contributed by atoms with Crippen LogP contribution in [0.15, 0.2) is 54.9 Å². The Balaban J connectivity index is 1.34. The van der Waals surface area contributed by atoms with Crippen LogP contribution in [-0.4, -0.2) is 56.8 Å². The summed E-state index contributed by atoms with van der Waals surface area (Å²) in [4.78, 5) is 18.8. The number of likely N-dealkylation sites (tertiary alicyclic amines) is 1. The number of amides is 1. The molecular formula is C21H24N4O3. The summed E-state index contributed by atoms with van der Waals surface area (Å²) in [5.41, 5.74) is 0.861. The Morgan fingerprint density at radius 2 is 1.96 bits per heavy atom. The predicted molar refractivity (Wildman–Crippen MR) is 104 cm³/mol. The molecule has 28 heavy (non-hydrogen) atoms. The zero-order chi connectivity index (χ0) is 19.4. The number of benzene rings is 1. The molecule has 7 heteroatoms. The predicted octanol–water partition coefficient (Wildman–Crippen LogP) is 2.41. The van der Waals surface area contributed by atoms with Gasteiger partial charge in [-0.2, -0.15) is 5.10 Å². The summed E-state index contributed by atoms with van der Waals surface area (Å²) in [6, 6.07) is 13.2. The van der Waals surface area contributed by atoms with Crippen molar-refractivity contribution in [2.75, 3.05) is 26.3 Å². The number of nitrogens with zero attached hydrogens (tertiary/aromatic N) is 4. The summed E-state index contributed by atoms with van der Waals surface area (Å²) in [5, 5.41) is 14.3. The lowest BCUT2D eigenvalue weighted by Gasteiger charge is -2.40. The maximum absolute atomic E-state index is 12.8. The maximum atomic E-state index is 12.8. The lowest BCUT2D eigenvalue weighted by molar-refractivity contribution is 0.0239. The van der Waals surface area contributed by atoms with Crippen LogP contribution in [-0.2, 0) is 0 Å². The van der Waals surface area contributed by atoms with E-state index in [0.717, 1.165) is 25.0 Å². The minimum absolute atomic E-state index is 0.0856. The van der Waals surface area contributed by atoms with Crippen LogP contribution >= 0.6 is 0 Å². The number of carbonyl (C=O) groups is 1. The quantitative estimate of drug-likeness (QED) is 0.710. The van der Waals surface area contributed by atoms with Gasteiger partial charge in [-0.1, -0.05) is 18.2 Å². The van der Waals surface area contributed by atoms with Gasteiger partial charge >= 0.3 is 0 Å². The Labute approximate surface area is 163 Å². The van der Waals surface area contributed by atoms with Crippen molar-refractivity contribution in [2.45, 2.75) is 19.3 Å². The van der Waals surface area contributed by atoms with Gasteiger partial charge in [0.25, 0.3) is 5.91 Å². The second-order valence-corrected chi connectivity index (χ2v) is 7.31. The van der Waals surface area contributed by atoms with Gasteiger partial charge in [-0.3, -0.25) is 4.79 Å². The fourth-order valence-corrected chi connectivity index (χ4v) is 3.67. The molecule has 0 radical (unpaired) electrons. The monoisotopic (exact) mass is 380 g/mol. The highest BCUT2D eigenvalue weighted by molar-refractivity contribution is 5.93. The summed E-state index contributed by atoms with van der Waals surface area (Å²) in [6.07, 6.45) is 5.72. The first-order valence-electron chi connectivity index (χ1n) is 9.58. The van der Waals surface area contributed by atoms with Crippen LogP contribution in [0.2, 0.25) is 0 Å². The Morgan fingerprint density at radius 1 is 1.18 bits per heavy atom. The SMILES string of the molecule is O=C(c1cc2ncccn2n1)N1CCC(CO)(CCOc2ccccc2)CC1. The minimum atomic E-state index is -0.202. The van der Waals surface area contributed by atoms with E-state index in [4.69, 9.17) is 4.74 Å². The van der Waals surface area contributed by atoms with Gasteiger partial charge in [0.05, 0.1) is 6.61 Å². The third-order valence-electron chi connectivity index (χ3n) is 5.55. The van der Waals surface area contributed by atoms with Crippen molar-refractivity contribution in [2.24, 2.45) is 5.41 Å². The minimum Gasteiger partial charge on any atom is -0.494 e. The first-order valence-corrected chi connectivity index (χ1v) is 9.58. The molecule has 1 aliphatic rings. The smallest absolute Gasteiger partial charge is 0.274 e. The first-order chi connectivity index (χ1) is 13.7. The number of hydrogen-bond donors (Lipinski definition) is 1. The molecule has 1 N–H and O–H groups in total. The first kappa shape index (κ1) is 18.4. The molecule has 0 aliphatic carbocycles. The molecule has 1 amide bonds. The zero-order valence-corrected chi connectivity index (χ0v) is 15.7. The number of carbonyl (C=O) groups excluding carboxylic acids is 1. The van der Waals surface area contributed by atoms with Gasteiger partial charge in [0.1, 0.15) is 5.75 Å². The van der Waals surface area contributed by atoms with Crippen LogP contribution in [0.3, 0.4) is 0 Å². The van der Waals surface area contributed by atoms with E-state index in [1.807, 2.05) is 35.2 Å². The summed E-state index contributed by atoms with van der Waals surface area (Å²) in [5.74, 6) is 0.751. The van der Waals surface area contributed by atoms with E-state index >= 15 is 0 Å². The number of aliphatic hydroxyl groups is 1. The molecule has 0 saturated carbocycles. The summed E-state index contributed by atoms with van der Waals surface area (Å²) in [7, 11) is 0. The standard InChI is InChI=1S/C21H24N4O3/c26-16-21(9-14-28-17-5-2-1-3-6-17)7-12-24(13-8-21)20(27)18-15-19-22-10-4-11-25(19)23-18/h1-6,10-11,15,26H,7-9,12-14,16H2. The molecule has 7 nitrogen and oxygen atoms in total. The summed E-state index contributed by atoms with van der Waals surface area (Å²) >= 11 is 0. The summed E-state index contributed by atoms with van der Waals surface area (Å²) in [6.45, 7) is 1.86. The van der Waals surface area contributed by atoms with E-state index in [2.05, 4.69) is 10.1 Å². The Kier molecular flexibility index (Phi) is 5.25. The van der Waals surface area contributed by atoms with Crippen LogP contribution in [0.25, 0.3) is 5.65 Å². The zero-order valence-electron chi connectivity index (χ0n) is 15.7. The van der Waals surface area contributed by atoms with Crippen molar-refractivity contribution in [3.63, 3.8) is 0 Å². The van der Waals surface area contributed by atoms with E-state index in [0.29, 0.717) is 31.0 Å². The Hall–Kier alpha value is -2.93. The van der Waals surface area contributed by atoms with Crippen molar-refractivity contribution in [1.82, 2.24) is 19.5 Å². The third-order valence-corrected chi connectivity index (χ3v) is 5.55. The van der Waals surface area contributed by atoms with Gasteiger partial charge in [-0.25, -0.2) is 9.50 Å². The molecule has 3 aromatic rings. The molecular weight excluding hydrogens is 356 g/mol. The van der Waals surface area contributed by atoms with E-state index in [9.17, 15) is 9.90 Å². The van der Waals surface area contributed by atoms with Crippen LogP contribution in [0.4, 0.5) is 0 Å². The molecule has 3 heterocycles. The Bertz CT molecular complexity index is 900. The van der Waals surface area contributed by atoms with E-state index in [1.165, 1.54) is 0 Å². The van der Waals surface area contributed by atoms with E-state index in [-0.39, 0.29) is 17.9 Å². The molecule has 146 valence electrons. The lowest BCUT2D eigenvalue weighted by atomic mass is 9.76. The van der Waals surface area contributed by atoms with Crippen molar-refractivity contribution >= 4 is 11.6 Å². The molecule has 0 atom stereocenters. The highest BCUT2D eigenvalue weighted by atomic mass is 16.5. The van der Waals surface area contributed by atoms with Crippen molar-refractivity contribution in [3.8, 4) is 5.75 Å². The van der Waals surface area contributed by atoms with Crippen molar-refractivity contribution in [3.05, 3.63) is 60.6 Å². The van der Waals surface area contributed by atoms with Crippen LogP contribution in [0.1, 0.15) is 29.8 Å². The van der Waals surface area contributed by atoms with Gasteiger partial charge in [-0.05, 0) is 37.5 Å². The molecule has 1 aliphatic heterocycles. The maximum Gasteiger partial charge on any atom is 0.274 e. The second-order valence-electron chi connectivity index (χ2n) is 7.31. The molecule has 2 aromatic heterocycles. The average molecular weight is 380 g/mol. The number of ether oxygens (including phenoxy) is 1. The number of piperidine rings is 1. The number of aromatic nitrogens is 3. The highest BCUT2D eigenvalue weighted by Gasteiger charge is 2.36. The molecule has 0 bridgehead atoms. The largest absolute Gasteiger partial charge is 0.494 e. The Morgan fingerprint density at radius 3 is 2.68 bits per heavy atom. The third kappa shape index (κ3) is 3.84. The molecule has 0 spiro atoms. The van der Waals surface area contributed by atoms with Crippen molar-refractivity contribution in [1.29, 1.82) is 0 Å². The molecule has 1 aromatic carbocycles. The van der Waals surface area contributed by atoms with Crippen LogP contribution < -0.4 is 4.74 Å². The van der Waals surface area contributed by atoms with E-state index in [1.54, 1.807) is 29.0 Å². The van der Waals surface area contributed by atoms with Gasteiger partial charge in [0.2, 0.25) is 0 Å². The normalized spacial score (nSPS) is 16.2. The van der Waals surface area contributed by atoms with Gasteiger partial charge in [-0.15, -0.1) is 0 Å². The summed E-state index contributed by atoms with van der Waals surface area (Å²) < 4.78 is 7.41.